The number of benzene rings is 1. The number of hydrogen-bond donors (Lipinski definition) is 2. The first kappa shape index (κ1) is 16.5. The van der Waals surface area contributed by atoms with E-state index in [0.29, 0.717) is 19.2 Å². The number of rotatable bonds is 10. The van der Waals surface area contributed by atoms with Crippen LogP contribution in [0.4, 0.5) is 0 Å². The summed E-state index contributed by atoms with van der Waals surface area (Å²) in [6, 6.07) is 8.97. The van der Waals surface area contributed by atoms with Crippen LogP contribution in [-0.4, -0.2) is 31.0 Å². The Kier molecular flexibility index (Phi) is 7.20. The van der Waals surface area contributed by atoms with Crippen LogP contribution in [0.25, 0.3) is 0 Å². The standard InChI is InChI=1S/C18H29NO2/c1-2-3-4-7-12-21-14-16(20)13-19-18-11-10-15-8-5-6-9-17(15)18/h5-6,8-9,16,18-20H,2-4,7,10-14H2,1H3. The Balaban J connectivity index is 1.58. The second kappa shape index (κ2) is 9.19. The molecule has 0 amide bonds. The summed E-state index contributed by atoms with van der Waals surface area (Å²) in [6.07, 6.45) is 6.70. The molecule has 2 atom stereocenters. The quantitative estimate of drug-likeness (QED) is 0.650. The molecule has 0 aliphatic heterocycles. The maximum absolute atomic E-state index is 9.97. The highest BCUT2D eigenvalue weighted by Crippen LogP contribution is 2.30. The number of aliphatic hydroxyl groups is 1. The van der Waals surface area contributed by atoms with E-state index in [9.17, 15) is 5.11 Å². The summed E-state index contributed by atoms with van der Waals surface area (Å²) in [5, 5.41) is 13.4. The van der Waals surface area contributed by atoms with Crippen LogP contribution in [0.1, 0.15) is 56.2 Å². The first-order valence-corrected chi connectivity index (χ1v) is 8.38. The minimum atomic E-state index is -0.413. The van der Waals surface area contributed by atoms with E-state index in [2.05, 4.69) is 36.5 Å². The van der Waals surface area contributed by atoms with Gasteiger partial charge in [-0.05, 0) is 30.4 Å². The van der Waals surface area contributed by atoms with Crippen molar-refractivity contribution in [1.29, 1.82) is 0 Å². The predicted molar refractivity (Wildman–Crippen MR) is 86.5 cm³/mol. The first-order chi connectivity index (χ1) is 10.3. The lowest BCUT2D eigenvalue weighted by Gasteiger charge is -2.17. The Morgan fingerprint density at radius 2 is 2.14 bits per heavy atom. The summed E-state index contributed by atoms with van der Waals surface area (Å²) >= 11 is 0. The van der Waals surface area contributed by atoms with Gasteiger partial charge in [-0.25, -0.2) is 0 Å². The molecule has 0 aromatic heterocycles. The Hall–Kier alpha value is -0.900. The van der Waals surface area contributed by atoms with Gasteiger partial charge < -0.3 is 15.2 Å². The van der Waals surface area contributed by atoms with Gasteiger partial charge in [-0.15, -0.1) is 0 Å². The van der Waals surface area contributed by atoms with Gasteiger partial charge in [0.05, 0.1) is 12.7 Å². The molecule has 3 nitrogen and oxygen atoms in total. The maximum Gasteiger partial charge on any atom is 0.0897 e. The molecule has 1 aromatic carbocycles. The summed E-state index contributed by atoms with van der Waals surface area (Å²) in [5.74, 6) is 0. The fourth-order valence-electron chi connectivity index (χ4n) is 2.96. The number of aryl methyl sites for hydroxylation is 1. The largest absolute Gasteiger partial charge is 0.389 e. The number of aliphatic hydroxyl groups excluding tert-OH is 1. The molecule has 0 spiro atoms. The zero-order valence-electron chi connectivity index (χ0n) is 13.2. The molecule has 1 aliphatic carbocycles. The molecule has 2 N–H and O–H groups in total. The molecule has 1 aromatic rings. The van der Waals surface area contributed by atoms with Gasteiger partial charge in [-0.3, -0.25) is 0 Å². The molecular weight excluding hydrogens is 262 g/mol. The number of fused-ring (bicyclic) bond motifs is 1. The average Bonchev–Trinajstić information content (AvgIpc) is 2.92. The Bertz CT molecular complexity index is 408. The van der Waals surface area contributed by atoms with Crippen LogP contribution < -0.4 is 5.32 Å². The molecular formula is C18H29NO2. The van der Waals surface area contributed by atoms with Gasteiger partial charge in [0, 0.05) is 19.2 Å². The fourth-order valence-corrected chi connectivity index (χ4v) is 2.96. The highest BCUT2D eigenvalue weighted by Gasteiger charge is 2.21. The first-order valence-electron chi connectivity index (χ1n) is 8.38. The van der Waals surface area contributed by atoms with Crippen molar-refractivity contribution in [3.8, 4) is 0 Å². The second-order valence-corrected chi connectivity index (χ2v) is 5.99. The third kappa shape index (κ3) is 5.42. The van der Waals surface area contributed by atoms with Gasteiger partial charge >= 0.3 is 0 Å². The predicted octanol–water partition coefficient (Wildman–Crippen LogP) is 3.22. The van der Waals surface area contributed by atoms with Gasteiger partial charge in [0.15, 0.2) is 0 Å². The van der Waals surface area contributed by atoms with Crippen molar-refractivity contribution in [3.63, 3.8) is 0 Å². The Morgan fingerprint density at radius 1 is 1.29 bits per heavy atom. The smallest absolute Gasteiger partial charge is 0.0897 e. The molecule has 0 saturated heterocycles. The van der Waals surface area contributed by atoms with E-state index >= 15 is 0 Å². The topological polar surface area (TPSA) is 41.5 Å². The monoisotopic (exact) mass is 291 g/mol. The molecule has 0 saturated carbocycles. The van der Waals surface area contributed by atoms with Crippen molar-refractivity contribution >= 4 is 0 Å². The van der Waals surface area contributed by atoms with Crippen molar-refractivity contribution in [2.24, 2.45) is 0 Å². The number of ether oxygens (including phenoxy) is 1. The van der Waals surface area contributed by atoms with E-state index < -0.39 is 6.10 Å². The lowest BCUT2D eigenvalue weighted by atomic mass is 10.1. The van der Waals surface area contributed by atoms with Gasteiger partial charge in [0.2, 0.25) is 0 Å². The molecule has 2 unspecified atom stereocenters. The lowest BCUT2D eigenvalue weighted by Crippen LogP contribution is -2.32. The third-order valence-electron chi connectivity index (χ3n) is 4.19. The van der Waals surface area contributed by atoms with Crippen molar-refractivity contribution in [3.05, 3.63) is 35.4 Å². The number of unbranched alkanes of at least 4 members (excludes halogenated alkanes) is 3. The van der Waals surface area contributed by atoms with Crippen LogP contribution in [0, 0.1) is 0 Å². The summed E-state index contributed by atoms with van der Waals surface area (Å²) in [4.78, 5) is 0. The van der Waals surface area contributed by atoms with Crippen LogP contribution >= 0.6 is 0 Å². The zero-order chi connectivity index (χ0) is 14.9. The normalized spacial score (nSPS) is 18.7. The van der Waals surface area contributed by atoms with Crippen LogP contribution in [-0.2, 0) is 11.2 Å². The summed E-state index contributed by atoms with van der Waals surface area (Å²) in [6.45, 7) is 4.02. The fraction of sp³-hybridized carbons (Fsp3) is 0.667. The van der Waals surface area contributed by atoms with Crippen molar-refractivity contribution < 1.29 is 9.84 Å². The van der Waals surface area contributed by atoms with Crippen molar-refractivity contribution in [1.82, 2.24) is 5.32 Å². The van der Waals surface area contributed by atoms with Crippen LogP contribution in [0.3, 0.4) is 0 Å². The highest BCUT2D eigenvalue weighted by molar-refractivity contribution is 5.34. The van der Waals surface area contributed by atoms with E-state index in [4.69, 9.17) is 4.74 Å². The van der Waals surface area contributed by atoms with Crippen molar-refractivity contribution in [2.45, 2.75) is 57.6 Å². The second-order valence-electron chi connectivity index (χ2n) is 5.99. The number of nitrogens with one attached hydrogen (secondary N) is 1. The summed E-state index contributed by atoms with van der Waals surface area (Å²) < 4.78 is 5.54. The van der Waals surface area contributed by atoms with E-state index in [1.165, 1.54) is 30.4 Å². The zero-order valence-corrected chi connectivity index (χ0v) is 13.2. The SMILES string of the molecule is CCCCCCOCC(O)CNC1CCc2ccccc21. The Labute approximate surface area is 128 Å². The highest BCUT2D eigenvalue weighted by atomic mass is 16.5. The lowest BCUT2D eigenvalue weighted by molar-refractivity contribution is 0.0341. The Morgan fingerprint density at radius 3 is 3.00 bits per heavy atom. The molecule has 3 heteroatoms. The van der Waals surface area contributed by atoms with Crippen LogP contribution in [0.2, 0.25) is 0 Å². The molecule has 0 radical (unpaired) electrons. The molecule has 0 bridgehead atoms. The van der Waals surface area contributed by atoms with Gasteiger partial charge in [0.1, 0.15) is 0 Å². The molecule has 0 fully saturated rings. The number of hydrogen-bond acceptors (Lipinski definition) is 3. The molecule has 118 valence electrons. The molecule has 21 heavy (non-hydrogen) atoms. The molecule has 0 heterocycles. The summed E-state index contributed by atoms with van der Waals surface area (Å²) in [5.41, 5.74) is 2.84. The van der Waals surface area contributed by atoms with Crippen LogP contribution in [0.5, 0.6) is 0 Å². The molecule has 2 rings (SSSR count). The van der Waals surface area contributed by atoms with E-state index in [1.807, 2.05) is 0 Å². The van der Waals surface area contributed by atoms with E-state index in [-0.39, 0.29) is 0 Å². The van der Waals surface area contributed by atoms with Gasteiger partial charge in [-0.1, -0.05) is 50.5 Å². The van der Waals surface area contributed by atoms with E-state index in [1.54, 1.807) is 0 Å². The minimum Gasteiger partial charge on any atom is -0.389 e. The van der Waals surface area contributed by atoms with Gasteiger partial charge in [0.25, 0.3) is 0 Å². The third-order valence-corrected chi connectivity index (χ3v) is 4.19. The molecule has 1 aliphatic rings. The maximum atomic E-state index is 9.97. The van der Waals surface area contributed by atoms with Crippen LogP contribution in [0.15, 0.2) is 24.3 Å². The van der Waals surface area contributed by atoms with Gasteiger partial charge in [-0.2, -0.15) is 0 Å². The minimum absolute atomic E-state index is 0.389. The van der Waals surface area contributed by atoms with E-state index in [0.717, 1.165) is 25.9 Å². The summed E-state index contributed by atoms with van der Waals surface area (Å²) in [7, 11) is 0. The average molecular weight is 291 g/mol. The van der Waals surface area contributed by atoms with Crippen molar-refractivity contribution in [2.75, 3.05) is 19.8 Å².